The number of halogens is 6. The van der Waals surface area contributed by atoms with Gasteiger partial charge in [-0.05, 0) is 37.2 Å². The Hall–Kier alpha value is -2.31. The van der Waals surface area contributed by atoms with Crippen molar-refractivity contribution in [1.82, 2.24) is 0 Å². The molecule has 30 heavy (non-hydrogen) atoms. The van der Waals surface area contributed by atoms with E-state index < -0.39 is 33.5 Å². The lowest BCUT2D eigenvalue weighted by Gasteiger charge is -2.33. The zero-order chi connectivity index (χ0) is 22.8. The third-order valence-electron chi connectivity index (χ3n) is 4.29. The lowest BCUT2D eigenvalue weighted by Crippen LogP contribution is -2.53. The van der Waals surface area contributed by atoms with E-state index in [2.05, 4.69) is 0 Å². The lowest BCUT2D eigenvalue weighted by molar-refractivity contribution is -0.376. The van der Waals surface area contributed by atoms with Gasteiger partial charge in [0.1, 0.15) is 0 Å². The Morgan fingerprint density at radius 1 is 0.867 bits per heavy atom. The molecular weight excluding hydrogens is 438 g/mol. The predicted molar refractivity (Wildman–Crippen MR) is 97.1 cm³/mol. The number of alkyl halides is 6. The lowest BCUT2D eigenvalue weighted by atomic mass is 9.92. The number of sulfonamides is 1. The minimum absolute atomic E-state index is 0.0980. The van der Waals surface area contributed by atoms with E-state index in [0.717, 1.165) is 16.4 Å². The van der Waals surface area contributed by atoms with Crippen LogP contribution < -0.4 is 10.0 Å². The van der Waals surface area contributed by atoms with Crippen LogP contribution in [0.4, 0.5) is 32.0 Å². The topological polar surface area (TPSA) is 83.6 Å². The molecule has 2 rings (SSSR count). The highest BCUT2D eigenvalue weighted by atomic mass is 32.2. The highest BCUT2D eigenvalue weighted by molar-refractivity contribution is 7.92. The van der Waals surface area contributed by atoms with Crippen LogP contribution in [0.5, 0.6) is 0 Å². The molecule has 0 saturated carbocycles. The minimum Gasteiger partial charge on any atom is -0.369 e. The van der Waals surface area contributed by atoms with Crippen molar-refractivity contribution in [3.05, 3.63) is 60.2 Å². The molecule has 2 aromatic carbocycles. The summed E-state index contributed by atoms with van der Waals surface area (Å²) in [5, 5.41) is 9.47. The van der Waals surface area contributed by atoms with Gasteiger partial charge in [-0.1, -0.05) is 30.3 Å². The van der Waals surface area contributed by atoms with Crippen LogP contribution in [0, 0.1) is 0 Å². The first kappa shape index (κ1) is 24.0. The molecule has 0 amide bonds. The Balaban J connectivity index is 2.53. The SMILES string of the molecule is NCCCN(c1ccc(C(O)(C(F)(F)F)C(F)(F)F)cc1)S(=O)(=O)c1ccccc1. The quantitative estimate of drug-likeness (QED) is 0.625. The van der Waals surface area contributed by atoms with Gasteiger partial charge in [0, 0.05) is 12.1 Å². The fourth-order valence-electron chi connectivity index (χ4n) is 2.70. The predicted octanol–water partition coefficient (Wildman–Crippen LogP) is 3.54. The molecular formula is C18H18F6N2O3S. The van der Waals surface area contributed by atoms with Gasteiger partial charge in [0.05, 0.1) is 10.6 Å². The molecule has 0 aliphatic carbocycles. The smallest absolute Gasteiger partial charge is 0.369 e. The van der Waals surface area contributed by atoms with E-state index in [0.29, 0.717) is 12.1 Å². The average Bonchev–Trinajstić information content (AvgIpc) is 2.67. The van der Waals surface area contributed by atoms with Crippen LogP contribution in [-0.2, 0) is 15.6 Å². The van der Waals surface area contributed by atoms with Gasteiger partial charge in [0.25, 0.3) is 15.6 Å². The second-order valence-corrected chi connectivity index (χ2v) is 8.15. The van der Waals surface area contributed by atoms with Gasteiger partial charge >= 0.3 is 12.4 Å². The van der Waals surface area contributed by atoms with E-state index in [1.807, 2.05) is 0 Å². The number of rotatable bonds is 7. The number of anilines is 1. The summed E-state index contributed by atoms with van der Waals surface area (Å²) in [5.41, 5.74) is -1.35. The van der Waals surface area contributed by atoms with Gasteiger partial charge in [0.15, 0.2) is 0 Å². The first-order chi connectivity index (χ1) is 13.8. The summed E-state index contributed by atoms with van der Waals surface area (Å²) in [4.78, 5) is -0.117. The van der Waals surface area contributed by atoms with Crippen molar-refractivity contribution in [3.8, 4) is 0 Å². The molecule has 0 spiro atoms. The summed E-state index contributed by atoms with van der Waals surface area (Å²) in [7, 11) is -4.16. The summed E-state index contributed by atoms with van der Waals surface area (Å²) in [6.45, 7) is -0.0589. The highest BCUT2D eigenvalue weighted by Crippen LogP contribution is 2.50. The average molecular weight is 456 g/mol. The Labute approximate surface area is 168 Å². The van der Waals surface area contributed by atoms with Gasteiger partial charge in [-0.15, -0.1) is 0 Å². The molecule has 166 valence electrons. The number of nitrogens with zero attached hydrogens (tertiary/aromatic N) is 1. The molecule has 0 aliphatic heterocycles. The molecule has 0 aromatic heterocycles. The molecule has 3 N–H and O–H groups in total. The van der Waals surface area contributed by atoms with Crippen LogP contribution in [0.25, 0.3) is 0 Å². The van der Waals surface area contributed by atoms with Crippen LogP contribution in [0.1, 0.15) is 12.0 Å². The van der Waals surface area contributed by atoms with Gasteiger partial charge in [-0.25, -0.2) is 8.42 Å². The second kappa shape index (κ2) is 8.44. The molecule has 0 fully saturated rings. The summed E-state index contributed by atoms with van der Waals surface area (Å²) < 4.78 is 105. The van der Waals surface area contributed by atoms with E-state index in [4.69, 9.17) is 5.73 Å². The van der Waals surface area contributed by atoms with Crippen molar-refractivity contribution in [1.29, 1.82) is 0 Å². The molecule has 0 bridgehead atoms. The zero-order valence-corrected chi connectivity index (χ0v) is 16.1. The maximum absolute atomic E-state index is 13.0. The second-order valence-electron chi connectivity index (χ2n) is 6.29. The summed E-state index contributed by atoms with van der Waals surface area (Å²) in [5.74, 6) is 0. The minimum atomic E-state index is -6.04. The molecule has 0 heterocycles. The largest absolute Gasteiger partial charge is 0.430 e. The van der Waals surface area contributed by atoms with E-state index >= 15 is 0 Å². The normalized spacial score (nSPS) is 13.3. The van der Waals surface area contributed by atoms with Crippen LogP contribution in [0.3, 0.4) is 0 Å². The van der Waals surface area contributed by atoms with E-state index in [1.165, 1.54) is 24.3 Å². The number of benzene rings is 2. The van der Waals surface area contributed by atoms with Crippen LogP contribution in [0.2, 0.25) is 0 Å². The fourth-order valence-corrected chi connectivity index (χ4v) is 4.22. The number of nitrogens with two attached hydrogens (primary N) is 1. The van der Waals surface area contributed by atoms with E-state index in [9.17, 15) is 39.9 Å². The van der Waals surface area contributed by atoms with Crippen LogP contribution in [0.15, 0.2) is 59.5 Å². The summed E-state index contributed by atoms with van der Waals surface area (Å²) in [6.07, 6.45) is -11.9. The first-order valence-corrected chi connectivity index (χ1v) is 9.95. The van der Waals surface area contributed by atoms with Gasteiger partial charge in [0.2, 0.25) is 0 Å². The molecule has 0 radical (unpaired) electrons. The van der Waals surface area contributed by atoms with Crippen LogP contribution >= 0.6 is 0 Å². The van der Waals surface area contributed by atoms with E-state index in [-0.39, 0.29) is 30.1 Å². The van der Waals surface area contributed by atoms with Gasteiger partial charge < -0.3 is 10.8 Å². The highest BCUT2D eigenvalue weighted by Gasteiger charge is 2.71. The Kier molecular flexibility index (Phi) is 6.74. The maximum Gasteiger partial charge on any atom is 0.430 e. The molecule has 0 saturated heterocycles. The van der Waals surface area contributed by atoms with Gasteiger partial charge in [-0.3, -0.25) is 4.31 Å². The van der Waals surface area contributed by atoms with Crippen molar-refractivity contribution >= 4 is 15.7 Å². The van der Waals surface area contributed by atoms with E-state index in [1.54, 1.807) is 6.07 Å². The third kappa shape index (κ3) is 4.40. The Morgan fingerprint density at radius 2 is 1.37 bits per heavy atom. The zero-order valence-electron chi connectivity index (χ0n) is 15.3. The number of hydrogen-bond acceptors (Lipinski definition) is 4. The number of aliphatic hydroxyl groups is 1. The molecule has 12 heteroatoms. The maximum atomic E-state index is 13.0. The molecule has 5 nitrogen and oxygen atoms in total. The fraction of sp³-hybridized carbons (Fsp3) is 0.333. The summed E-state index contributed by atoms with van der Waals surface area (Å²) >= 11 is 0. The van der Waals surface area contributed by atoms with Crippen molar-refractivity contribution in [3.63, 3.8) is 0 Å². The number of hydrogen-bond donors (Lipinski definition) is 2. The summed E-state index contributed by atoms with van der Waals surface area (Å²) in [6, 6.07) is 9.43. The Morgan fingerprint density at radius 3 is 1.80 bits per heavy atom. The Bertz CT molecular complexity index is 931. The standard InChI is InChI=1S/C18H18F6N2O3S/c19-17(20,21)16(27,18(22,23)24)13-7-9-14(10-8-13)26(12-4-11-25)30(28,29)15-5-2-1-3-6-15/h1-3,5-10,27H,4,11-12,25H2. The molecule has 0 aliphatic rings. The molecule has 0 atom stereocenters. The van der Waals surface area contributed by atoms with Crippen molar-refractivity contribution in [2.24, 2.45) is 5.73 Å². The van der Waals surface area contributed by atoms with Gasteiger partial charge in [-0.2, -0.15) is 26.3 Å². The molecule has 2 aromatic rings. The first-order valence-electron chi connectivity index (χ1n) is 8.51. The van der Waals surface area contributed by atoms with Crippen molar-refractivity contribution < 1.29 is 39.9 Å². The molecule has 0 unspecified atom stereocenters. The third-order valence-corrected chi connectivity index (χ3v) is 6.13. The monoisotopic (exact) mass is 456 g/mol. The van der Waals surface area contributed by atoms with Crippen molar-refractivity contribution in [2.75, 3.05) is 17.4 Å². The van der Waals surface area contributed by atoms with Crippen LogP contribution in [-0.4, -0.2) is 39.0 Å². The van der Waals surface area contributed by atoms with Crippen molar-refractivity contribution in [2.45, 2.75) is 29.3 Å².